The molecule has 1 aromatic carbocycles. The monoisotopic (exact) mass is 253 g/mol. The topological polar surface area (TPSA) is 35.2 Å². The van der Waals surface area contributed by atoms with Crippen molar-refractivity contribution in [1.29, 1.82) is 0 Å². The highest BCUT2D eigenvalue weighted by Gasteiger charge is 2.09. The Bertz CT molecular complexity index is 352. The normalized spacial score (nSPS) is 12.4. The summed E-state index contributed by atoms with van der Waals surface area (Å²) in [6.07, 6.45) is 5.92. The molecule has 0 saturated carbocycles. The van der Waals surface area contributed by atoms with Gasteiger partial charge >= 0.3 is 0 Å². The second kappa shape index (κ2) is 8.09. The first kappa shape index (κ1) is 15.0. The van der Waals surface area contributed by atoms with Crippen molar-refractivity contribution in [3.05, 3.63) is 29.6 Å². The van der Waals surface area contributed by atoms with Crippen LogP contribution in [0.4, 0.5) is 4.39 Å². The Morgan fingerprint density at radius 1 is 1.22 bits per heavy atom. The van der Waals surface area contributed by atoms with E-state index in [0.29, 0.717) is 12.4 Å². The maximum atomic E-state index is 13.2. The standard InChI is InChI=1S/C15H24FNO/c1-3-4-5-6-7-10-18-15-11-13(16)8-9-14(15)12(2)17/h8-9,11-12H,3-7,10,17H2,1-2H3. The molecule has 0 aliphatic carbocycles. The summed E-state index contributed by atoms with van der Waals surface area (Å²) in [5.74, 6) is 0.306. The van der Waals surface area contributed by atoms with Crippen molar-refractivity contribution >= 4 is 0 Å². The van der Waals surface area contributed by atoms with Gasteiger partial charge in [-0.3, -0.25) is 0 Å². The highest BCUT2D eigenvalue weighted by molar-refractivity contribution is 5.36. The molecule has 0 spiro atoms. The highest BCUT2D eigenvalue weighted by Crippen LogP contribution is 2.25. The molecule has 0 radical (unpaired) electrons. The van der Waals surface area contributed by atoms with Gasteiger partial charge in [0.1, 0.15) is 11.6 Å². The van der Waals surface area contributed by atoms with Crippen LogP contribution in [0.15, 0.2) is 18.2 Å². The fourth-order valence-corrected chi connectivity index (χ4v) is 1.90. The van der Waals surface area contributed by atoms with E-state index < -0.39 is 0 Å². The molecule has 0 saturated heterocycles. The van der Waals surface area contributed by atoms with Crippen molar-refractivity contribution in [2.45, 2.75) is 52.0 Å². The molecular weight excluding hydrogens is 229 g/mol. The smallest absolute Gasteiger partial charge is 0.126 e. The lowest BCUT2D eigenvalue weighted by molar-refractivity contribution is 0.299. The van der Waals surface area contributed by atoms with E-state index in [1.807, 2.05) is 6.92 Å². The van der Waals surface area contributed by atoms with Crippen molar-refractivity contribution < 1.29 is 9.13 Å². The molecule has 0 bridgehead atoms. The molecule has 0 fully saturated rings. The van der Waals surface area contributed by atoms with Gasteiger partial charge in [-0.15, -0.1) is 0 Å². The van der Waals surface area contributed by atoms with Gasteiger partial charge in [0.05, 0.1) is 6.61 Å². The number of nitrogens with two attached hydrogens (primary N) is 1. The lowest BCUT2D eigenvalue weighted by Crippen LogP contribution is -2.09. The lowest BCUT2D eigenvalue weighted by Gasteiger charge is -2.14. The third kappa shape index (κ3) is 5.05. The van der Waals surface area contributed by atoms with Crippen LogP contribution < -0.4 is 10.5 Å². The Hall–Kier alpha value is -1.09. The number of rotatable bonds is 8. The number of hydrogen-bond acceptors (Lipinski definition) is 2. The second-order valence-corrected chi connectivity index (χ2v) is 4.73. The number of unbranched alkanes of at least 4 members (excludes halogenated alkanes) is 4. The van der Waals surface area contributed by atoms with E-state index in [-0.39, 0.29) is 11.9 Å². The van der Waals surface area contributed by atoms with E-state index in [9.17, 15) is 4.39 Å². The van der Waals surface area contributed by atoms with Gasteiger partial charge < -0.3 is 10.5 Å². The maximum absolute atomic E-state index is 13.2. The van der Waals surface area contributed by atoms with Crippen LogP contribution in [0.2, 0.25) is 0 Å². The predicted molar refractivity (Wildman–Crippen MR) is 73.3 cm³/mol. The zero-order chi connectivity index (χ0) is 13.4. The van der Waals surface area contributed by atoms with Crippen LogP contribution in [0.5, 0.6) is 5.75 Å². The van der Waals surface area contributed by atoms with Gasteiger partial charge in [0.25, 0.3) is 0 Å². The van der Waals surface area contributed by atoms with E-state index in [0.717, 1.165) is 18.4 Å². The van der Waals surface area contributed by atoms with Crippen LogP contribution in [-0.2, 0) is 0 Å². The minimum Gasteiger partial charge on any atom is -0.493 e. The summed E-state index contributed by atoms with van der Waals surface area (Å²) in [5.41, 5.74) is 6.70. The van der Waals surface area contributed by atoms with Gasteiger partial charge in [0.15, 0.2) is 0 Å². The Morgan fingerprint density at radius 2 is 1.94 bits per heavy atom. The summed E-state index contributed by atoms with van der Waals surface area (Å²) in [4.78, 5) is 0. The fourth-order valence-electron chi connectivity index (χ4n) is 1.90. The van der Waals surface area contributed by atoms with E-state index >= 15 is 0 Å². The molecule has 0 heterocycles. The van der Waals surface area contributed by atoms with Crippen molar-refractivity contribution in [3.63, 3.8) is 0 Å². The summed E-state index contributed by atoms with van der Waals surface area (Å²) in [5, 5.41) is 0. The third-order valence-electron chi connectivity index (χ3n) is 2.97. The Kier molecular flexibility index (Phi) is 6.73. The molecule has 18 heavy (non-hydrogen) atoms. The third-order valence-corrected chi connectivity index (χ3v) is 2.97. The van der Waals surface area contributed by atoms with Gasteiger partial charge in [-0.2, -0.15) is 0 Å². The number of benzene rings is 1. The fraction of sp³-hybridized carbons (Fsp3) is 0.600. The SMILES string of the molecule is CCCCCCCOc1cc(F)ccc1C(C)N. The van der Waals surface area contributed by atoms with Crippen LogP contribution in [0, 0.1) is 5.82 Å². The molecule has 0 aliphatic rings. The number of halogens is 1. The number of ether oxygens (including phenoxy) is 1. The molecule has 1 atom stereocenters. The molecule has 0 aromatic heterocycles. The van der Waals surface area contributed by atoms with E-state index in [1.165, 1.54) is 31.4 Å². The lowest BCUT2D eigenvalue weighted by atomic mass is 10.1. The summed E-state index contributed by atoms with van der Waals surface area (Å²) in [7, 11) is 0. The van der Waals surface area contributed by atoms with Gasteiger partial charge in [-0.25, -0.2) is 4.39 Å². The largest absolute Gasteiger partial charge is 0.493 e. The van der Waals surface area contributed by atoms with Gasteiger partial charge in [-0.05, 0) is 19.4 Å². The van der Waals surface area contributed by atoms with Crippen molar-refractivity contribution in [3.8, 4) is 5.75 Å². The van der Waals surface area contributed by atoms with Crippen LogP contribution in [-0.4, -0.2) is 6.61 Å². The highest BCUT2D eigenvalue weighted by atomic mass is 19.1. The zero-order valence-electron chi connectivity index (χ0n) is 11.4. The molecule has 2 N–H and O–H groups in total. The van der Waals surface area contributed by atoms with Crippen LogP contribution in [0.25, 0.3) is 0 Å². The molecule has 102 valence electrons. The summed E-state index contributed by atoms with van der Waals surface area (Å²) >= 11 is 0. The van der Waals surface area contributed by atoms with Crippen LogP contribution in [0.3, 0.4) is 0 Å². The Labute approximate surface area is 109 Å². The average Bonchev–Trinajstić information content (AvgIpc) is 2.33. The minimum atomic E-state index is -0.277. The van der Waals surface area contributed by atoms with Crippen LogP contribution >= 0.6 is 0 Å². The Balaban J connectivity index is 2.43. The first-order chi connectivity index (χ1) is 8.65. The van der Waals surface area contributed by atoms with Crippen molar-refractivity contribution in [1.82, 2.24) is 0 Å². The minimum absolute atomic E-state index is 0.138. The van der Waals surface area contributed by atoms with Gasteiger partial charge in [-0.1, -0.05) is 38.7 Å². The summed E-state index contributed by atoms with van der Waals surface area (Å²) < 4.78 is 18.8. The number of hydrogen-bond donors (Lipinski definition) is 1. The average molecular weight is 253 g/mol. The van der Waals surface area contributed by atoms with Crippen molar-refractivity contribution in [2.75, 3.05) is 6.61 Å². The molecule has 3 heteroatoms. The molecule has 2 nitrogen and oxygen atoms in total. The molecular formula is C15H24FNO. The van der Waals surface area contributed by atoms with E-state index in [1.54, 1.807) is 6.07 Å². The van der Waals surface area contributed by atoms with Crippen LogP contribution in [0.1, 0.15) is 57.6 Å². The predicted octanol–water partition coefficient (Wildman–Crippen LogP) is 4.19. The van der Waals surface area contributed by atoms with Gasteiger partial charge in [0, 0.05) is 17.7 Å². The van der Waals surface area contributed by atoms with E-state index in [2.05, 4.69) is 6.92 Å². The Morgan fingerprint density at radius 3 is 2.61 bits per heavy atom. The molecule has 1 unspecified atom stereocenters. The summed E-state index contributed by atoms with van der Waals surface area (Å²) in [6, 6.07) is 4.41. The molecule has 0 aliphatic heterocycles. The molecule has 0 amide bonds. The quantitative estimate of drug-likeness (QED) is 0.705. The summed E-state index contributed by atoms with van der Waals surface area (Å²) in [6.45, 7) is 4.70. The molecule has 1 aromatic rings. The molecule has 1 rings (SSSR count). The zero-order valence-corrected chi connectivity index (χ0v) is 11.4. The van der Waals surface area contributed by atoms with Gasteiger partial charge in [0.2, 0.25) is 0 Å². The van der Waals surface area contributed by atoms with E-state index in [4.69, 9.17) is 10.5 Å². The maximum Gasteiger partial charge on any atom is 0.126 e. The van der Waals surface area contributed by atoms with Crippen molar-refractivity contribution in [2.24, 2.45) is 5.73 Å². The first-order valence-corrected chi connectivity index (χ1v) is 6.83. The first-order valence-electron chi connectivity index (χ1n) is 6.83. The second-order valence-electron chi connectivity index (χ2n) is 4.73.